The summed E-state index contributed by atoms with van der Waals surface area (Å²) in [6, 6.07) is 17.7. The van der Waals surface area contributed by atoms with E-state index in [4.69, 9.17) is 4.74 Å². The standard InChI is InChI=1S/C30H40N2O3/c1-2-31-21-13-4-3-5-14-22-32(29(33)23-24-15-7-6-8-16-24)26-18-10-12-20-28(26)35-27-19-11-9-17-25(27)30(31)34/h6-9,11,15-17,19,26,28H,2-5,10,12-14,18,20-23H2,1H3/t26-,28+/m1/s1. The molecule has 0 unspecified atom stereocenters. The van der Waals surface area contributed by atoms with Crippen molar-refractivity contribution in [2.24, 2.45) is 0 Å². The Morgan fingerprint density at radius 2 is 1.54 bits per heavy atom. The Balaban J connectivity index is 1.62. The van der Waals surface area contributed by atoms with Gasteiger partial charge < -0.3 is 14.5 Å². The first kappa shape index (κ1) is 25.3. The monoisotopic (exact) mass is 476 g/mol. The molecular weight excluding hydrogens is 436 g/mol. The van der Waals surface area contributed by atoms with E-state index in [-0.39, 0.29) is 24.0 Å². The predicted octanol–water partition coefficient (Wildman–Crippen LogP) is 5.87. The van der Waals surface area contributed by atoms with E-state index in [1.54, 1.807) is 0 Å². The molecule has 0 saturated heterocycles. The van der Waals surface area contributed by atoms with Gasteiger partial charge in [-0.05, 0) is 56.7 Å². The molecule has 0 bridgehead atoms. The zero-order valence-corrected chi connectivity index (χ0v) is 21.2. The van der Waals surface area contributed by atoms with Gasteiger partial charge in [0, 0.05) is 19.6 Å². The first-order valence-electron chi connectivity index (χ1n) is 13.6. The fourth-order valence-electron chi connectivity index (χ4n) is 5.52. The molecule has 5 heteroatoms. The minimum atomic E-state index is -0.0994. The second kappa shape index (κ2) is 12.8. The molecule has 1 fully saturated rings. The van der Waals surface area contributed by atoms with Crippen molar-refractivity contribution in [1.82, 2.24) is 9.80 Å². The van der Waals surface area contributed by atoms with Crippen LogP contribution >= 0.6 is 0 Å². The minimum Gasteiger partial charge on any atom is -0.487 e. The molecule has 4 rings (SSSR count). The van der Waals surface area contributed by atoms with Crippen LogP contribution in [0.15, 0.2) is 54.6 Å². The lowest BCUT2D eigenvalue weighted by Crippen LogP contribution is -2.51. The van der Waals surface area contributed by atoms with Gasteiger partial charge in [-0.15, -0.1) is 0 Å². The molecule has 188 valence electrons. The number of ether oxygens (including phenoxy) is 1. The molecule has 1 aliphatic heterocycles. The average Bonchev–Trinajstić information content (AvgIpc) is 2.89. The highest BCUT2D eigenvalue weighted by Gasteiger charge is 2.35. The van der Waals surface area contributed by atoms with Gasteiger partial charge in [-0.3, -0.25) is 9.59 Å². The summed E-state index contributed by atoms with van der Waals surface area (Å²) in [6.07, 6.45) is 9.71. The van der Waals surface area contributed by atoms with Crippen molar-refractivity contribution in [3.05, 3.63) is 65.7 Å². The lowest BCUT2D eigenvalue weighted by atomic mass is 9.90. The number of para-hydroxylation sites is 1. The Morgan fingerprint density at radius 1 is 0.857 bits per heavy atom. The van der Waals surface area contributed by atoms with Gasteiger partial charge >= 0.3 is 0 Å². The highest BCUT2D eigenvalue weighted by molar-refractivity contribution is 5.97. The normalized spacial score (nSPS) is 22.3. The van der Waals surface area contributed by atoms with Gasteiger partial charge in [0.2, 0.25) is 5.91 Å². The van der Waals surface area contributed by atoms with Gasteiger partial charge in [0.25, 0.3) is 5.91 Å². The van der Waals surface area contributed by atoms with Crippen LogP contribution in [0.3, 0.4) is 0 Å². The van der Waals surface area contributed by atoms with E-state index in [2.05, 4.69) is 4.90 Å². The summed E-state index contributed by atoms with van der Waals surface area (Å²) < 4.78 is 6.63. The van der Waals surface area contributed by atoms with Crippen LogP contribution in [-0.4, -0.2) is 53.4 Å². The maximum Gasteiger partial charge on any atom is 0.257 e. The molecule has 0 radical (unpaired) electrons. The third kappa shape index (κ3) is 6.65. The Hall–Kier alpha value is -2.82. The number of hydrogen-bond donors (Lipinski definition) is 0. The van der Waals surface area contributed by atoms with Crippen molar-refractivity contribution in [3.8, 4) is 5.75 Å². The van der Waals surface area contributed by atoms with E-state index < -0.39 is 0 Å². The Labute approximate surface area is 210 Å². The molecule has 5 nitrogen and oxygen atoms in total. The summed E-state index contributed by atoms with van der Waals surface area (Å²) in [5.41, 5.74) is 1.69. The lowest BCUT2D eigenvalue weighted by molar-refractivity contribution is -0.136. The third-order valence-corrected chi connectivity index (χ3v) is 7.48. The van der Waals surface area contributed by atoms with E-state index in [0.29, 0.717) is 24.3 Å². The largest absolute Gasteiger partial charge is 0.487 e. The third-order valence-electron chi connectivity index (χ3n) is 7.48. The van der Waals surface area contributed by atoms with Gasteiger partial charge in [0.1, 0.15) is 11.9 Å². The number of hydrogen-bond acceptors (Lipinski definition) is 3. The number of amides is 2. The van der Waals surface area contributed by atoms with E-state index in [9.17, 15) is 9.59 Å². The van der Waals surface area contributed by atoms with Crippen LogP contribution in [-0.2, 0) is 11.2 Å². The van der Waals surface area contributed by atoms with Crippen molar-refractivity contribution in [2.75, 3.05) is 19.6 Å². The molecule has 1 saturated carbocycles. The molecule has 1 heterocycles. The smallest absolute Gasteiger partial charge is 0.257 e. The van der Waals surface area contributed by atoms with Crippen LogP contribution in [0.5, 0.6) is 5.75 Å². The SMILES string of the molecule is CCN1CCCCCCCN(C(=O)Cc2ccccc2)[C@@H]2CCCC[C@@H]2Oc2ccccc2C1=O. The molecule has 2 amide bonds. The molecule has 2 aromatic carbocycles. The van der Waals surface area contributed by atoms with E-state index >= 15 is 0 Å². The Kier molecular flexibility index (Phi) is 9.21. The molecule has 2 aliphatic rings. The maximum atomic E-state index is 13.6. The Bertz CT molecular complexity index is 961. The number of rotatable bonds is 3. The van der Waals surface area contributed by atoms with Crippen molar-refractivity contribution in [1.29, 1.82) is 0 Å². The number of fused-ring (bicyclic) bond motifs is 2. The number of carbonyl (C=O) groups excluding carboxylic acids is 2. The summed E-state index contributed by atoms with van der Waals surface area (Å²) in [5.74, 6) is 0.878. The van der Waals surface area contributed by atoms with E-state index in [1.165, 1.54) is 0 Å². The second-order valence-electron chi connectivity index (χ2n) is 9.91. The van der Waals surface area contributed by atoms with Gasteiger partial charge in [-0.2, -0.15) is 0 Å². The van der Waals surface area contributed by atoms with E-state index in [1.807, 2.05) is 66.4 Å². The van der Waals surface area contributed by atoms with E-state index in [0.717, 1.165) is 76.4 Å². The highest BCUT2D eigenvalue weighted by Crippen LogP contribution is 2.31. The number of carbonyl (C=O) groups is 2. The highest BCUT2D eigenvalue weighted by atomic mass is 16.5. The fourth-order valence-corrected chi connectivity index (χ4v) is 5.52. The summed E-state index contributed by atoms with van der Waals surface area (Å²) in [7, 11) is 0. The van der Waals surface area contributed by atoms with Crippen LogP contribution < -0.4 is 4.74 Å². The molecule has 2 atom stereocenters. The van der Waals surface area contributed by atoms with Crippen LogP contribution in [0.25, 0.3) is 0 Å². The maximum absolute atomic E-state index is 13.6. The van der Waals surface area contributed by atoms with Crippen LogP contribution in [0, 0.1) is 0 Å². The first-order chi connectivity index (χ1) is 17.2. The van der Waals surface area contributed by atoms with Gasteiger partial charge in [0.15, 0.2) is 0 Å². The number of benzene rings is 2. The zero-order valence-electron chi connectivity index (χ0n) is 21.2. The second-order valence-corrected chi connectivity index (χ2v) is 9.91. The van der Waals surface area contributed by atoms with Crippen LogP contribution in [0.1, 0.15) is 80.6 Å². The predicted molar refractivity (Wildman–Crippen MR) is 140 cm³/mol. The number of nitrogens with zero attached hydrogens (tertiary/aromatic N) is 2. The van der Waals surface area contributed by atoms with Crippen molar-refractivity contribution >= 4 is 11.8 Å². The van der Waals surface area contributed by atoms with Crippen molar-refractivity contribution < 1.29 is 14.3 Å². The van der Waals surface area contributed by atoms with Gasteiger partial charge in [-0.1, -0.05) is 68.1 Å². The molecule has 0 N–H and O–H groups in total. The van der Waals surface area contributed by atoms with Crippen molar-refractivity contribution in [2.45, 2.75) is 83.3 Å². The van der Waals surface area contributed by atoms with Crippen molar-refractivity contribution in [3.63, 3.8) is 0 Å². The summed E-state index contributed by atoms with van der Waals surface area (Å²) in [5, 5.41) is 0. The van der Waals surface area contributed by atoms with Crippen LogP contribution in [0.2, 0.25) is 0 Å². The first-order valence-corrected chi connectivity index (χ1v) is 13.6. The van der Waals surface area contributed by atoms with Crippen LogP contribution in [0.4, 0.5) is 0 Å². The minimum absolute atomic E-state index is 0.0375. The van der Waals surface area contributed by atoms with Gasteiger partial charge in [-0.25, -0.2) is 0 Å². The molecular formula is C30H40N2O3. The summed E-state index contributed by atoms with van der Waals surface area (Å²) in [6.45, 7) is 4.29. The fraction of sp³-hybridized carbons (Fsp3) is 0.533. The Morgan fingerprint density at radius 3 is 2.34 bits per heavy atom. The molecule has 2 aromatic rings. The molecule has 0 spiro atoms. The topological polar surface area (TPSA) is 49.9 Å². The quantitative estimate of drug-likeness (QED) is 0.556. The molecule has 1 aliphatic carbocycles. The average molecular weight is 477 g/mol. The zero-order chi connectivity index (χ0) is 24.5. The molecule has 35 heavy (non-hydrogen) atoms. The summed E-state index contributed by atoms with van der Waals surface area (Å²) in [4.78, 5) is 31.1. The molecule has 0 aromatic heterocycles. The summed E-state index contributed by atoms with van der Waals surface area (Å²) >= 11 is 0. The van der Waals surface area contributed by atoms with Gasteiger partial charge in [0.05, 0.1) is 18.0 Å². The lowest BCUT2D eigenvalue weighted by Gasteiger charge is -2.40.